The van der Waals surface area contributed by atoms with Gasteiger partial charge in [-0.25, -0.2) is 0 Å². The fourth-order valence-electron chi connectivity index (χ4n) is 7.62. The monoisotopic (exact) mass is 491 g/mol. The molecule has 2 fully saturated rings. The van der Waals surface area contributed by atoms with Gasteiger partial charge in [0.2, 0.25) is 5.78 Å². The van der Waals surface area contributed by atoms with Crippen molar-refractivity contribution < 1.29 is 23.9 Å². The number of esters is 1. The van der Waals surface area contributed by atoms with Crippen LogP contribution in [0.1, 0.15) is 63.4 Å². The van der Waals surface area contributed by atoms with Gasteiger partial charge in [0.15, 0.2) is 11.4 Å². The van der Waals surface area contributed by atoms with E-state index in [2.05, 4.69) is 29.2 Å². The first kappa shape index (κ1) is 24.9. The normalized spacial score (nSPS) is 31.2. The van der Waals surface area contributed by atoms with Gasteiger partial charge in [-0.1, -0.05) is 17.7 Å². The predicted molar refractivity (Wildman–Crippen MR) is 138 cm³/mol. The molecule has 1 aromatic carbocycles. The molecule has 0 aliphatic heterocycles. The lowest BCUT2D eigenvalue weighted by atomic mass is 9.56. The third kappa shape index (κ3) is 4.13. The number of anilines is 1. The second-order valence-corrected chi connectivity index (χ2v) is 11.1. The molecule has 5 rings (SSSR count). The quantitative estimate of drug-likeness (QED) is 0.534. The Labute approximate surface area is 213 Å². The molecule has 36 heavy (non-hydrogen) atoms. The number of fused-ring (bicyclic) bond motifs is 4. The predicted octanol–water partition coefficient (Wildman–Crippen LogP) is 4.78. The van der Waals surface area contributed by atoms with Crippen LogP contribution >= 0.6 is 0 Å². The number of hydrogen-bond acceptors (Lipinski definition) is 6. The molecule has 0 saturated heterocycles. The van der Waals surface area contributed by atoms with Gasteiger partial charge in [0.1, 0.15) is 6.61 Å². The molecule has 192 valence electrons. The highest BCUT2D eigenvalue weighted by atomic mass is 16.6. The Morgan fingerprint density at radius 2 is 1.83 bits per heavy atom. The highest BCUT2D eigenvalue weighted by molar-refractivity contribution is 5.93. The SMILES string of the molecule is COCC(=O)[C@@]1(OC(C)=O)CC[C@@H]2C1C[C@H](c1ccc(N(C)C)cc1)C1=C3CCC(=O)C=C3CC[C@H]12. The van der Waals surface area contributed by atoms with E-state index in [0.717, 1.165) is 37.8 Å². The van der Waals surface area contributed by atoms with E-state index in [9.17, 15) is 14.4 Å². The molecule has 6 nitrogen and oxygen atoms in total. The largest absolute Gasteiger partial charge is 0.451 e. The summed E-state index contributed by atoms with van der Waals surface area (Å²) in [6.45, 7) is 1.35. The summed E-state index contributed by atoms with van der Waals surface area (Å²) in [6.07, 6.45) is 7.29. The summed E-state index contributed by atoms with van der Waals surface area (Å²) in [7, 11) is 5.58. The molecule has 0 aromatic heterocycles. The average molecular weight is 492 g/mol. The first-order valence-corrected chi connectivity index (χ1v) is 13.2. The van der Waals surface area contributed by atoms with Crippen LogP contribution in [0.2, 0.25) is 0 Å². The number of Topliss-reactive ketones (excluding diaryl/α,β-unsaturated/α-hetero) is 1. The number of rotatable bonds is 6. The number of carbonyl (C=O) groups is 3. The first-order valence-electron chi connectivity index (χ1n) is 13.2. The highest BCUT2D eigenvalue weighted by Crippen LogP contribution is 2.62. The summed E-state index contributed by atoms with van der Waals surface area (Å²) >= 11 is 0. The molecule has 0 radical (unpaired) electrons. The smallest absolute Gasteiger partial charge is 0.303 e. The third-order valence-corrected chi connectivity index (χ3v) is 9.05. The lowest BCUT2D eigenvalue weighted by molar-refractivity contribution is -0.174. The molecule has 4 aliphatic carbocycles. The number of ketones is 2. The number of ether oxygens (including phenoxy) is 2. The molecule has 0 bridgehead atoms. The van der Waals surface area contributed by atoms with E-state index in [1.807, 2.05) is 20.2 Å². The zero-order valence-corrected chi connectivity index (χ0v) is 21.8. The van der Waals surface area contributed by atoms with E-state index in [0.29, 0.717) is 18.8 Å². The maximum Gasteiger partial charge on any atom is 0.303 e. The molecule has 0 heterocycles. The van der Waals surface area contributed by atoms with Crippen molar-refractivity contribution in [2.24, 2.45) is 17.8 Å². The van der Waals surface area contributed by atoms with Crippen molar-refractivity contribution in [3.8, 4) is 0 Å². The van der Waals surface area contributed by atoms with E-state index in [1.54, 1.807) is 0 Å². The highest BCUT2D eigenvalue weighted by Gasteiger charge is 2.61. The maximum atomic E-state index is 13.5. The second-order valence-electron chi connectivity index (χ2n) is 11.1. The van der Waals surface area contributed by atoms with Gasteiger partial charge in [0.25, 0.3) is 0 Å². The van der Waals surface area contributed by atoms with Gasteiger partial charge in [-0.2, -0.15) is 0 Å². The van der Waals surface area contributed by atoms with Crippen LogP contribution in [0.5, 0.6) is 0 Å². The Balaban J connectivity index is 1.63. The van der Waals surface area contributed by atoms with E-state index >= 15 is 0 Å². The summed E-state index contributed by atoms with van der Waals surface area (Å²) in [5.74, 6) is 0.393. The molecular weight excluding hydrogens is 454 g/mol. The Hall–Kier alpha value is -2.73. The molecular formula is C30H37NO5. The van der Waals surface area contributed by atoms with Crippen LogP contribution in [0.3, 0.4) is 0 Å². The molecule has 6 heteroatoms. The molecule has 0 amide bonds. The van der Waals surface area contributed by atoms with Gasteiger partial charge in [-0.05, 0) is 85.3 Å². The van der Waals surface area contributed by atoms with Crippen molar-refractivity contribution in [2.45, 2.75) is 63.4 Å². The Kier molecular flexibility index (Phi) is 6.67. The van der Waals surface area contributed by atoms with E-state index in [4.69, 9.17) is 9.47 Å². The van der Waals surface area contributed by atoms with Gasteiger partial charge < -0.3 is 14.4 Å². The van der Waals surface area contributed by atoms with Crippen LogP contribution in [-0.4, -0.2) is 50.9 Å². The van der Waals surface area contributed by atoms with Gasteiger partial charge >= 0.3 is 5.97 Å². The summed E-state index contributed by atoms with van der Waals surface area (Å²) in [4.78, 5) is 40.1. The second kappa shape index (κ2) is 9.62. The zero-order chi connectivity index (χ0) is 25.6. The fraction of sp³-hybridized carbons (Fsp3) is 0.567. The van der Waals surface area contributed by atoms with Crippen LogP contribution in [0.25, 0.3) is 0 Å². The molecule has 2 saturated carbocycles. The fourth-order valence-corrected chi connectivity index (χ4v) is 7.62. The first-order chi connectivity index (χ1) is 17.2. The third-order valence-electron chi connectivity index (χ3n) is 9.05. The lowest BCUT2D eigenvalue weighted by Gasteiger charge is -2.49. The summed E-state index contributed by atoms with van der Waals surface area (Å²) < 4.78 is 11.2. The van der Waals surface area contributed by atoms with Gasteiger partial charge in [0.05, 0.1) is 0 Å². The van der Waals surface area contributed by atoms with Crippen LogP contribution < -0.4 is 4.90 Å². The molecule has 0 spiro atoms. The molecule has 4 aliphatic rings. The Bertz CT molecular complexity index is 1130. The molecule has 1 unspecified atom stereocenters. The number of nitrogens with zero attached hydrogens (tertiary/aromatic N) is 1. The average Bonchev–Trinajstić information content (AvgIpc) is 3.22. The van der Waals surface area contributed by atoms with Gasteiger partial charge in [-0.3, -0.25) is 14.4 Å². The van der Waals surface area contributed by atoms with Crippen molar-refractivity contribution in [3.05, 3.63) is 52.6 Å². The topological polar surface area (TPSA) is 72.9 Å². The van der Waals surface area contributed by atoms with Crippen LogP contribution in [0.4, 0.5) is 5.69 Å². The van der Waals surface area contributed by atoms with E-state index in [-0.39, 0.29) is 35.9 Å². The minimum atomic E-state index is -1.12. The minimum absolute atomic E-state index is 0.0484. The number of hydrogen-bond donors (Lipinski definition) is 0. The van der Waals surface area contributed by atoms with E-state index in [1.165, 1.54) is 36.3 Å². The van der Waals surface area contributed by atoms with Crippen molar-refractivity contribution in [2.75, 3.05) is 32.7 Å². The van der Waals surface area contributed by atoms with Crippen molar-refractivity contribution in [1.82, 2.24) is 0 Å². The van der Waals surface area contributed by atoms with Crippen LogP contribution in [0, 0.1) is 17.8 Å². The number of carbonyl (C=O) groups excluding carboxylic acids is 3. The maximum absolute atomic E-state index is 13.5. The summed E-state index contributed by atoms with van der Waals surface area (Å²) in [5.41, 5.74) is 5.30. The lowest BCUT2D eigenvalue weighted by Crippen LogP contribution is -2.52. The summed E-state index contributed by atoms with van der Waals surface area (Å²) in [6, 6.07) is 8.71. The number of benzene rings is 1. The summed E-state index contributed by atoms with van der Waals surface area (Å²) in [5, 5.41) is 0. The van der Waals surface area contributed by atoms with Crippen LogP contribution in [0.15, 0.2) is 47.1 Å². The minimum Gasteiger partial charge on any atom is -0.451 e. The molecule has 1 aromatic rings. The van der Waals surface area contributed by atoms with Crippen molar-refractivity contribution >= 4 is 23.2 Å². The van der Waals surface area contributed by atoms with Crippen LogP contribution in [-0.2, 0) is 23.9 Å². The number of methoxy groups -OCH3 is 1. The Morgan fingerprint density at radius 1 is 1.08 bits per heavy atom. The van der Waals surface area contributed by atoms with Crippen molar-refractivity contribution in [3.63, 3.8) is 0 Å². The van der Waals surface area contributed by atoms with Gasteiger partial charge in [0, 0.05) is 52.1 Å². The zero-order valence-electron chi connectivity index (χ0n) is 21.8. The standard InChI is InChI=1S/C30H37NO5/c1-18(32)36-30(28(34)17-35-4)14-13-24-25-11-7-20-15-22(33)10-12-23(20)29(25)26(16-27(24)30)19-5-8-21(9-6-19)31(2)3/h5-6,8-9,15,24-27H,7,10-14,16-17H2,1-4H3/t24-,25-,26+,27?,30+/m0/s1. The molecule has 5 atom stereocenters. The number of allylic oxidation sites excluding steroid dienone is 4. The van der Waals surface area contributed by atoms with E-state index < -0.39 is 11.6 Å². The van der Waals surface area contributed by atoms with Crippen molar-refractivity contribution in [1.29, 1.82) is 0 Å². The Morgan fingerprint density at radius 3 is 2.50 bits per heavy atom. The van der Waals surface area contributed by atoms with Gasteiger partial charge in [-0.15, -0.1) is 0 Å². The molecule has 0 N–H and O–H groups in total.